The van der Waals surface area contributed by atoms with Gasteiger partial charge in [0.2, 0.25) is 5.91 Å². The van der Waals surface area contributed by atoms with Gasteiger partial charge in [0.15, 0.2) is 0 Å². The van der Waals surface area contributed by atoms with Gasteiger partial charge in [-0.3, -0.25) is 9.78 Å². The van der Waals surface area contributed by atoms with E-state index in [4.69, 9.17) is 4.74 Å². The van der Waals surface area contributed by atoms with Crippen LogP contribution in [0.15, 0.2) is 24.5 Å². The zero-order valence-electron chi connectivity index (χ0n) is 13.1. The normalized spacial score (nSPS) is 22.4. The summed E-state index contributed by atoms with van der Waals surface area (Å²) in [5.41, 5.74) is 1.34. The largest absolute Gasteiger partial charge is 0.379 e. The van der Waals surface area contributed by atoms with Gasteiger partial charge in [0.05, 0.1) is 19.1 Å². The van der Waals surface area contributed by atoms with Crippen LogP contribution in [0, 0.1) is 5.92 Å². The van der Waals surface area contributed by atoms with Gasteiger partial charge in [0.1, 0.15) is 0 Å². The summed E-state index contributed by atoms with van der Waals surface area (Å²) in [6.07, 6.45) is 5.77. The molecule has 0 aliphatic carbocycles. The number of likely N-dealkylation sites (tertiary alicyclic amines) is 1. The first-order valence-electron chi connectivity index (χ1n) is 7.82. The fourth-order valence-electron chi connectivity index (χ4n) is 3.19. The van der Waals surface area contributed by atoms with Crippen LogP contribution in [0.4, 0.5) is 0 Å². The van der Waals surface area contributed by atoms with E-state index in [0.717, 1.165) is 39.0 Å². The summed E-state index contributed by atoms with van der Waals surface area (Å²) in [5.74, 6) is 0.781. The highest BCUT2D eigenvalue weighted by Gasteiger charge is 2.29. The smallest absolute Gasteiger partial charge is 0.229 e. The zero-order valence-corrected chi connectivity index (χ0v) is 14.8. The fourth-order valence-corrected chi connectivity index (χ4v) is 3.19. The number of halogens is 2. The summed E-state index contributed by atoms with van der Waals surface area (Å²) in [6, 6.07) is 4.18. The van der Waals surface area contributed by atoms with Crippen molar-refractivity contribution in [1.29, 1.82) is 0 Å². The van der Waals surface area contributed by atoms with E-state index in [2.05, 4.69) is 22.4 Å². The van der Waals surface area contributed by atoms with Gasteiger partial charge in [-0.1, -0.05) is 0 Å². The van der Waals surface area contributed by atoms with E-state index < -0.39 is 0 Å². The third kappa shape index (κ3) is 5.31. The molecular formula is C16H25Cl2N3O2. The molecule has 1 N–H and O–H groups in total. The minimum atomic E-state index is -0.0232. The molecular weight excluding hydrogens is 337 g/mol. The molecule has 130 valence electrons. The van der Waals surface area contributed by atoms with Crippen molar-refractivity contribution in [3.8, 4) is 0 Å². The molecule has 0 aromatic carbocycles. The maximum absolute atomic E-state index is 12.5. The van der Waals surface area contributed by atoms with Crippen molar-refractivity contribution in [3.63, 3.8) is 0 Å². The standard InChI is InChI=1S/C16H23N3O2.2ClH/c20-16(15-11-18-7-10-21-12-15)19-8-3-14(4-9-19)13-1-5-17-6-2-13;;/h1-2,5-6,14-15,18H,3-4,7-12H2;2*1H. The second-order valence-electron chi connectivity index (χ2n) is 5.86. The zero-order chi connectivity index (χ0) is 14.5. The third-order valence-corrected chi connectivity index (χ3v) is 4.47. The molecule has 1 amide bonds. The first kappa shape index (κ1) is 20.2. The number of aromatic nitrogens is 1. The van der Waals surface area contributed by atoms with Gasteiger partial charge in [0.25, 0.3) is 0 Å². The van der Waals surface area contributed by atoms with Crippen LogP contribution in [0.3, 0.4) is 0 Å². The van der Waals surface area contributed by atoms with Crippen LogP contribution in [-0.2, 0) is 9.53 Å². The number of rotatable bonds is 2. The molecule has 3 heterocycles. The van der Waals surface area contributed by atoms with E-state index in [9.17, 15) is 4.79 Å². The summed E-state index contributed by atoms with van der Waals surface area (Å²) in [5, 5.41) is 3.27. The minimum Gasteiger partial charge on any atom is -0.379 e. The van der Waals surface area contributed by atoms with Crippen molar-refractivity contribution in [2.75, 3.05) is 39.4 Å². The molecule has 1 aromatic heterocycles. The fraction of sp³-hybridized carbons (Fsp3) is 0.625. The number of carbonyl (C=O) groups excluding carboxylic acids is 1. The lowest BCUT2D eigenvalue weighted by molar-refractivity contribution is -0.138. The summed E-state index contributed by atoms with van der Waals surface area (Å²) in [6.45, 7) is 4.53. The molecule has 2 aliphatic heterocycles. The minimum absolute atomic E-state index is 0. The van der Waals surface area contributed by atoms with E-state index >= 15 is 0 Å². The molecule has 0 saturated carbocycles. The van der Waals surface area contributed by atoms with E-state index in [1.54, 1.807) is 0 Å². The van der Waals surface area contributed by atoms with Crippen molar-refractivity contribution in [1.82, 2.24) is 15.2 Å². The Balaban J connectivity index is 0.00000132. The van der Waals surface area contributed by atoms with Gasteiger partial charge in [0, 0.05) is 38.6 Å². The Morgan fingerprint density at radius 3 is 2.61 bits per heavy atom. The van der Waals surface area contributed by atoms with Crippen LogP contribution < -0.4 is 5.32 Å². The maximum Gasteiger partial charge on any atom is 0.229 e. The first-order chi connectivity index (χ1) is 10.3. The number of amides is 1. The molecule has 7 heteroatoms. The number of piperidine rings is 1. The van der Waals surface area contributed by atoms with E-state index in [-0.39, 0.29) is 36.6 Å². The highest BCUT2D eigenvalue weighted by atomic mass is 35.5. The van der Waals surface area contributed by atoms with Crippen LogP contribution in [0.2, 0.25) is 0 Å². The van der Waals surface area contributed by atoms with Crippen LogP contribution in [0.1, 0.15) is 24.3 Å². The lowest BCUT2D eigenvalue weighted by Crippen LogP contribution is -2.44. The lowest BCUT2D eigenvalue weighted by Gasteiger charge is -2.34. The molecule has 0 radical (unpaired) electrons. The number of nitrogens with one attached hydrogen (secondary N) is 1. The quantitative estimate of drug-likeness (QED) is 0.873. The molecule has 3 rings (SSSR count). The highest BCUT2D eigenvalue weighted by molar-refractivity contribution is 5.85. The molecule has 23 heavy (non-hydrogen) atoms. The average molecular weight is 362 g/mol. The van der Waals surface area contributed by atoms with Crippen molar-refractivity contribution < 1.29 is 9.53 Å². The van der Waals surface area contributed by atoms with Gasteiger partial charge in [-0.15, -0.1) is 24.8 Å². The first-order valence-corrected chi connectivity index (χ1v) is 7.82. The molecule has 0 bridgehead atoms. The van der Waals surface area contributed by atoms with Crippen molar-refractivity contribution in [2.24, 2.45) is 5.92 Å². The summed E-state index contributed by atoms with van der Waals surface area (Å²) in [4.78, 5) is 18.6. The molecule has 2 aliphatic rings. The van der Waals surface area contributed by atoms with Gasteiger partial charge >= 0.3 is 0 Å². The Labute approximate surface area is 150 Å². The summed E-state index contributed by atoms with van der Waals surface area (Å²) < 4.78 is 5.49. The molecule has 2 saturated heterocycles. The number of carbonyl (C=O) groups is 1. The SMILES string of the molecule is Cl.Cl.O=C(C1CNCCOC1)N1CCC(c2ccncc2)CC1. The predicted molar refractivity (Wildman–Crippen MR) is 94.5 cm³/mol. The molecule has 2 fully saturated rings. The lowest BCUT2D eigenvalue weighted by atomic mass is 9.89. The Morgan fingerprint density at radius 2 is 1.91 bits per heavy atom. The Kier molecular flexibility index (Phi) is 8.84. The number of nitrogens with zero attached hydrogens (tertiary/aromatic N) is 2. The third-order valence-electron chi connectivity index (χ3n) is 4.47. The van der Waals surface area contributed by atoms with E-state index in [0.29, 0.717) is 19.1 Å². The number of hydrogen-bond donors (Lipinski definition) is 1. The second-order valence-corrected chi connectivity index (χ2v) is 5.86. The van der Waals surface area contributed by atoms with Crippen LogP contribution in [0.5, 0.6) is 0 Å². The van der Waals surface area contributed by atoms with Crippen LogP contribution in [-0.4, -0.2) is 55.2 Å². The molecule has 0 spiro atoms. The van der Waals surface area contributed by atoms with Crippen LogP contribution in [0.25, 0.3) is 0 Å². The maximum atomic E-state index is 12.5. The average Bonchev–Trinajstić information content (AvgIpc) is 2.84. The number of ether oxygens (including phenoxy) is 1. The van der Waals surface area contributed by atoms with Gasteiger partial charge in [-0.2, -0.15) is 0 Å². The van der Waals surface area contributed by atoms with Crippen LogP contribution >= 0.6 is 24.8 Å². The molecule has 1 aromatic rings. The predicted octanol–water partition coefficient (Wildman–Crippen LogP) is 1.87. The van der Waals surface area contributed by atoms with Crippen molar-refractivity contribution >= 4 is 30.7 Å². The number of pyridine rings is 1. The van der Waals surface area contributed by atoms with Crippen molar-refractivity contribution in [3.05, 3.63) is 30.1 Å². The second kappa shape index (κ2) is 10.1. The summed E-state index contributed by atoms with van der Waals surface area (Å²) in [7, 11) is 0. The summed E-state index contributed by atoms with van der Waals surface area (Å²) >= 11 is 0. The van der Waals surface area contributed by atoms with E-state index in [1.165, 1.54) is 5.56 Å². The number of hydrogen-bond acceptors (Lipinski definition) is 4. The van der Waals surface area contributed by atoms with Crippen molar-refractivity contribution in [2.45, 2.75) is 18.8 Å². The Morgan fingerprint density at radius 1 is 1.22 bits per heavy atom. The Hall–Kier alpha value is -0.880. The molecule has 1 unspecified atom stereocenters. The van der Waals surface area contributed by atoms with E-state index in [1.807, 2.05) is 17.3 Å². The molecule has 5 nitrogen and oxygen atoms in total. The topological polar surface area (TPSA) is 54.5 Å². The highest BCUT2D eigenvalue weighted by Crippen LogP contribution is 2.28. The van der Waals surface area contributed by atoms with Gasteiger partial charge < -0.3 is 15.0 Å². The van der Waals surface area contributed by atoms with Gasteiger partial charge in [-0.05, 0) is 36.5 Å². The van der Waals surface area contributed by atoms with Gasteiger partial charge in [-0.25, -0.2) is 0 Å². The monoisotopic (exact) mass is 361 g/mol. The molecule has 1 atom stereocenters. The Bertz CT molecular complexity index is 460.